The van der Waals surface area contributed by atoms with Crippen molar-refractivity contribution < 1.29 is 27.4 Å². The van der Waals surface area contributed by atoms with Crippen molar-refractivity contribution in [2.24, 2.45) is 5.92 Å². The van der Waals surface area contributed by atoms with E-state index >= 15 is 0 Å². The molecule has 1 saturated carbocycles. The molecule has 1 unspecified atom stereocenters. The molecule has 0 aromatic carbocycles. The van der Waals surface area contributed by atoms with Gasteiger partial charge in [-0.2, -0.15) is 13.2 Å². The van der Waals surface area contributed by atoms with Crippen LogP contribution in [-0.4, -0.2) is 77.2 Å². The lowest BCUT2D eigenvalue weighted by molar-refractivity contribution is -0.143. The minimum absolute atomic E-state index is 0.00682. The zero-order chi connectivity index (χ0) is 31.7. The van der Waals surface area contributed by atoms with E-state index in [1.807, 2.05) is 32.2 Å². The molecular formula is C32H36ClF3N6O3. The first kappa shape index (κ1) is 31.3. The molecule has 3 aliphatic rings. The molecule has 1 N–H and O–H groups in total. The first-order valence-corrected chi connectivity index (χ1v) is 15.7. The third-order valence-electron chi connectivity index (χ3n) is 8.60. The van der Waals surface area contributed by atoms with Crippen molar-refractivity contribution in [3.63, 3.8) is 0 Å². The molecule has 0 bridgehead atoms. The number of likely N-dealkylation sites (N-methyl/N-ethyl adjacent to an activating group) is 1. The fraction of sp³-hybridized carbons (Fsp3) is 0.500. The predicted molar refractivity (Wildman–Crippen MR) is 164 cm³/mol. The van der Waals surface area contributed by atoms with Gasteiger partial charge in [0.25, 0.3) is 5.91 Å². The lowest BCUT2D eigenvalue weighted by atomic mass is 9.94. The Hall–Kier alpha value is -3.64. The van der Waals surface area contributed by atoms with E-state index in [1.165, 1.54) is 12.1 Å². The summed E-state index contributed by atoms with van der Waals surface area (Å²) in [6.07, 6.45) is 0.292. The quantitative estimate of drug-likeness (QED) is 0.289. The lowest BCUT2D eigenvalue weighted by Crippen LogP contribution is -2.48. The fourth-order valence-electron chi connectivity index (χ4n) is 6.34. The van der Waals surface area contributed by atoms with Crippen LogP contribution in [0.2, 0.25) is 5.15 Å². The van der Waals surface area contributed by atoms with Gasteiger partial charge in [-0.15, -0.1) is 0 Å². The topological polar surface area (TPSA) is 92.7 Å². The van der Waals surface area contributed by atoms with Crippen molar-refractivity contribution in [2.75, 3.05) is 38.2 Å². The number of nitrogens with one attached hydrogen (secondary N) is 1. The number of amides is 1. The summed E-state index contributed by atoms with van der Waals surface area (Å²) < 4.78 is 52.9. The maximum atomic E-state index is 13.9. The van der Waals surface area contributed by atoms with Crippen LogP contribution in [0.1, 0.15) is 55.2 Å². The molecule has 1 aliphatic carbocycles. The van der Waals surface area contributed by atoms with Gasteiger partial charge in [0.2, 0.25) is 5.88 Å². The number of alkyl halides is 3. The van der Waals surface area contributed by atoms with E-state index in [-0.39, 0.29) is 28.9 Å². The van der Waals surface area contributed by atoms with Gasteiger partial charge in [-0.05, 0) is 82.1 Å². The van der Waals surface area contributed by atoms with Crippen LogP contribution in [0.25, 0.3) is 11.3 Å². The van der Waals surface area contributed by atoms with Crippen molar-refractivity contribution in [2.45, 2.75) is 63.4 Å². The molecule has 6 rings (SSSR count). The molecule has 0 radical (unpaired) electrons. The van der Waals surface area contributed by atoms with Crippen LogP contribution in [0.4, 0.5) is 18.9 Å². The van der Waals surface area contributed by atoms with E-state index in [4.69, 9.17) is 26.1 Å². The molecule has 240 valence electrons. The summed E-state index contributed by atoms with van der Waals surface area (Å²) in [5, 5.41) is 2.94. The second-order valence-corrected chi connectivity index (χ2v) is 12.3. The van der Waals surface area contributed by atoms with Gasteiger partial charge >= 0.3 is 6.18 Å². The zero-order valence-electron chi connectivity index (χ0n) is 25.2. The largest absolute Gasteiger partial charge is 0.488 e. The van der Waals surface area contributed by atoms with Gasteiger partial charge in [0.1, 0.15) is 11.3 Å². The predicted octanol–water partition coefficient (Wildman–Crippen LogP) is 5.87. The molecule has 13 heteroatoms. The number of rotatable bonds is 9. The summed E-state index contributed by atoms with van der Waals surface area (Å²) >= 11 is 5.78. The first-order valence-electron chi connectivity index (χ1n) is 15.4. The van der Waals surface area contributed by atoms with Gasteiger partial charge in [0.15, 0.2) is 17.1 Å². The third-order valence-corrected chi connectivity index (χ3v) is 8.81. The number of halogens is 4. The second-order valence-electron chi connectivity index (χ2n) is 11.9. The van der Waals surface area contributed by atoms with E-state index < -0.39 is 18.0 Å². The van der Waals surface area contributed by atoms with Gasteiger partial charge in [0.05, 0.1) is 23.6 Å². The van der Waals surface area contributed by atoms with Gasteiger partial charge in [0, 0.05) is 44.2 Å². The molecule has 3 fully saturated rings. The summed E-state index contributed by atoms with van der Waals surface area (Å²) in [6, 6.07) is 9.97. The van der Waals surface area contributed by atoms with Crippen LogP contribution in [0.5, 0.6) is 11.6 Å². The molecule has 45 heavy (non-hydrogen) atoms. The number of pyridine rings is 3. The van der Waals surface area contributed by atoms with Crippen LogP contribution in [-0.2, 0) is 6.18 Å². The number of aromatic nitrogens is 3. The highest BCUT2D eigenvalue weighted by Crippen LogP contribution is 2.44. The summed E-state index contributed by atoms with van der Waals surface area (Å²) in [5.74, 6) is 0.189. The Labute approximate surface area is 265 Å². The number of anilines is 1. The highest BCUT2D eigenvalue weighted by atomic mass is 35.5. The number of piperidine rings is 1. The molecule has 3 atom stereocenters. The molecule has 1 amide bonds. The Morgan fingerprint density at radius 1 is 1.09 bits per heavy atom. The highest BCUT2D eigenvalue weighted by Gasteiger charge is 2.43. The van der Waals surface area contributed by atoms with Crippen molar-refractivity contribution >= 4 is 23.2 Å². The van der Waals surface area contributed by atoms with E-state index in [0.29, 0.717) is 60.4 Å². The Kier molecular flexibility index (Phi) is 9.05. The fourth-order valence-corrected chi connectivity index (χ4v) is 6.49. The highest BCUT2D eigenvalue weighted by molar-refractivity contribution is 6.29. The number of likely N-dealkylation sites (tertiary alicyclic amines) is 1. The third kappa shape index (κ3) is 7.12. The van der Waals surface area contributed by atoms with Gasteiger partial charge < -0.3 is 24.6 Å². The number of hydrogen-bond acceptors (Lipinski definition) is 8. The van der Waals surface area contributed by atoms with E-state index in [0.717, 1.165) is 32.4 Å². The van der Waals surface area contributed by atoms with Gasteiger partial charge in [-0.3, -0.25) is 4.79 Å². The Balaban J connectivity index is 1.31. The number of carbonyl (C=O) groups excluding carboxylic acids is 1. The van der Waals surface area contributed by atoms with Crippen molar-refractivity contribution in [3.8, 4) is 22.9 Å². The maximum absolute atomic E-state index is 13.9. The van der Waals surface area contributed by atoms with Crippen molar-refractivity contribution in [1.29, 1.82) is 0 Å². The summed E-state index contributed by atoms with van der Waals surface area (Å²) in [4.78, 5) is 31.0. The van der Waals surface area contributed by atoms with Gasteiger partial charge in [-0.25, -0.2) is 15.0 Å². The summed E-state index contributed by atoms with van der Waals surface area (Å²) in [5.41, 5.74) is 1.13. The smallest absolute Gasteiger partial charge is 0.437 e. The van der Waals surface area contributed by atoms with E-state index in [9.17, 15) is 18.0 Å². The maximum Gasteiger partial charge on any atom is 0.437 e. The Morgan fingerprint density at radius 2 is 1.91 bits per heavy atom. The number of nitrogens with zero attached hydrogens (tertiary/aromatic N) is 5. The average Bonchev–Trinajstić information content (AvgIpc) is 3.79. The molecule has 2 aliphatic heterocycles. The monoisotopic (exact) mass is 644 g/mol. The molecule has 3 aromatic rings. The normalized spacial score (nSPS) is 22.4. The average molecular weight is 645 g/mol. The van der Waals surface area contributed by atoms with Gasteiger partial charge in [-0.1, -0.05) is 11.6 Å². The van der Waals surface area contributed by atoms with Crippen molar-refractivity contribution in [3.05, 3.63) is 59.1 Å². The van der Waals surface area contributed by atoms with Crippen LogP contribution in [0.3, 0.4) is 0 Å². The minimum Gasteiger partial charge on any atom is -0.488 e. The number of carbonyl (C=O) groups is 1. The Bertz CT molecular complexity index is 1540. The Morgan fingerprint density at radius 3 is 2.62 bits per heavy atom. The first-order chi connectivity index (χ1) is 21.6. The standard InChI is InChI=1S/C32H36ClF3N6O3/c1-3-44-31-22(5-4-14-37-31)23-8-9-24(28(39-23)30(43)38-20-12-15-41(2)18-20)42-16-13-21(17-25(42)19-6-7-19)45-26-10-11-27(33)40-29(26)32(34,35)36/h4-5,8-11,14,19-21,25H,3,6-7,12-13,15-18H2,1-2H3,(H,38,43)/t20-,21-,25?/m1/s1. The lowest BCUT2D eigenvalue weighted by Gasteiger charge is -2.42. The van der Waals surface area contributed by atoms with E-state index in [2.05, 4.69) is 25.1 Å². The summed E-state index contributed by atoms with van der Waals surface area (Å²) in [6.45, 7) is 4.45. The van der Waals surface area contributed by atoms with Crippen LogP contribution in [0.15, 0.2) is 42.6 Å². The van der Waals surface area contributed by atoms with Crippen LogP contribution in [0, 0.1) is 5.92 Å². The summed E-state index contributed by atoms with van der Waals surface area (Å²) in [7, 11) is 2.03. The number of hydrogen-bond donors (Lipinski definition) is 1. The van der Waals surface area contributed by atoms with Crippen molar-refractivity contribution in [1.82, 2.24) is 25.2 Å². The molecule has 0 spiro atoms. The molecule has 3 aromatic heterocycles. The molecule has 2 saturated heterocycles. The molecular weight excluding hydrogens is 609 g/mol. The zero-order valence-corrected chi connectivity index (χ0v) is 25.9. The molecule has 5 heterocycles. The van der Waals surface area contributed by atoms with Crippen LogP contribution >= 0.6 is 11.6 Å². The van der Waals surface area contributed by atoms with E-state index in [1.54, 1.807) is 12.3 Å². The number of ether oxygens (including phenoxy) is 2. The SMILES string of the molecule is CCOc1ncccc1-c1ccc(N2CC[C@@H](Oc3ccc(Cl)nc3C(F)(F)F)CC2C2CC2)c(C(=O)N[C@@H]2CCN(C)C2)n1. The second kappa shape index (κ2) is 13.0. The van der Waals surface area contributed by atoms with Crippen LogP contribution < -0.4 is 19.7 Å². The minimum atomic E-state index is -4.70. The molecule has 9 nitrogen and oxygen atoms in total.